The first kappa shape index (κ1) is 19.1. The lowest BCUT2D eigenvalue weighted by atomic mass is 10.2. The summed E-state index contributed by atoms with van der Waals surface area (Å²) in [7, 11) is 3.18. The van der Waals surface area contributed by atoms with Gasteiger partial charge in [0, 0.05) is 24.4 Å². The molecule has 0 saturated carbocycles. The summed E-state index contributed by atoms with van der Waals surface area (Å²) in [6.45, 7) is 5.17. The van der Waals surface area contributed by atoms with Gasteiger partial charge >= 0.3 is 6.03 Å². The minimum absolute atomic E-state index is 0.196. The summed E-state index contributed by atoms with van der Waals surface area (Å²) >= 11 is 1.70. The molecule has 2 amide bonds. The fourth-order valence-electron chi connectivity index (χ4n) is 2.44. The van der Waals surface area contributed by atoms with Crippen molar-refractivity contribution in [1.29, 1.82) is 0 Å². The second kappa shape index (κ2) is 9.27. The molecule has 1 aromatic carbocycles. The maximum Gasteiger partial charge on any atom is 0.315 e. The zero-order valence-electron chi connectivity index (χ0n) is 15.1. The number of nitrogens with zero attached hydrogens (tertiary/aromatic N) is 1. The first-order valence-corrected chi connectivity index (χ1v) is 9.06. The normalized spacial score (nSPS) is 10.4. The van der Waals surface area contributed by atoms with Crippen molar-refractivity contribution in [2.24, 2.45) is 0 Å². The summed E-state index contributed by atoms with van der Waals surface area (Å²) in [5, 5.41) is 6.76. The van der Waals surface area contributed by atoms with Crippen LogP contribution in [0.5, 0.6) is 11.5 Å². The van der Waals surface area contributed by atoms with E-state index in [1.54, 1.807) is 25.6 Å². The van der Waals surface area contributed by atoms with E-state index in [1.807, 2.05) is 18.2 Å². The number of thiazole rings is 1. The molecule has 136 valence electrons. The van der Waals surface area contributed by atoms with Gasteiger partial charge in [-0.25, -0.2) is 9.78 Å². The molecule has 0 radical (unpaired) electrons. The molecular weight excluding hydrogens is 338 g/mol. The highest BCUT2D eigenvalue weighted by Gasteiger charge is 2.08. The van der Waals surface area contributed by atoms with Crippen molar-refractivity contribution in [3.63, 3.8) is 0 Å². The van der Waals surface area contributed by atoms with Crippen molar-refractivity contribution in [1.82, 2.24) is 15.6 Å². The minimum Gasteiger partial charge on any atom is -0.493 e. The number of nitrogens with one attached hydrogen (secondary N) is 2. The zero-order chi connectivity index (χ0) is 18.2. The highest BCUT2D eigenvalue weighted by atomic mass is 32.1. The molecule has 0 spiro atoms. The van der Waals surface area contributed by atoms with E-state index in [0.717, 1.165) is 29.1 Å². The van der Waals surface area contributed by atoms with Crippen LogP contribution in [-0.4, -0.2) is 31.8 Å². The van der Waals surface area contributed by atoms with Crippen LogP contribution in [0.3, 0.4) is 0 Å². The number of methoxy groups -OCH3 is 2. The summed E-state index contributed by atoms with van der Waals surface area (Å²) < 4.78 is 10.5. The van der Waals surface area contributed by atoms with E-state index < -0.39 is 0 Å². The molecule has 2 N–H and O–H groups in total. The Bertz CT molecular complexity index is 716. The Morgan fingerprint density at radius 3 is 2.60 bits per heavy atom. The Balaban J connectivity index is 1.77. The SMILES string of the molecule is CCc1nc(CCNC(=O)NCc2ccc(OC)c(OC)c2)sc1C. The first-order valence-electron chi connectivity index (χ1n) is 8.25. The van der Waals surface area contributed by atoms with Crippen LogP contribution in [0.15, 0.2) is 18.2 Å². The molecule has 2 aromatic rings. The number of carbonyl (C=O) groups is 1. The number of benzene rings is 1. The molecule has 0 aliphatic carbocycles. The molecule has 6 nitrogen and oxygen atoms in total. The number of amides is 2. The van der Waals surface area contributed by atoms with Gasteiger partial charge in [0.25, 0.3) is 0 Å². The molecule has 2 rings (SSSR count). The van der Waals surface area contributed by atoms with Crippen LogP contribution < -0.4 is 20.1 Å². The van der Waals surface area contributed by atoms with E-state index in [-0.39, 0.29) is 6.03 Å². The fraction of sp³-hybridized carbons (Fsp3) is 0.444. The Hall–Kier alpha value is -2.28. The van der Waals surface area contributed by atoms with E-state index in [1.165, 1.54) is 4.88 Å². The van der Waals surface area contributed by atoms with Gasteiger partial charge in [-0.15, -0.1) is 11.3 Å². The third kappa shape index (κ3) is 5.35. The lowest BCUT2D eigenvalue weighted by Crippen LogP contribution is -2.36. The Morgan fingerprint density at radius 2 is 1.96 bits per heavy atom. The van der Waals surface area contributed by atoms with Gasteiger partial charge in [0.2, 0.25) is 0 Å². The third-order valence-electron chi connectivity index (χ3n) is 3.80. The smallest absolute Gasteiger partial charge is 0.315 e. The van der Waals surface area contributed by atoms with Crippen molar-refractivity contribution in [3.8, 4) is 11.5 Å². The van der Waals surface area contributed by atoms with Gasteiger partial charge in [-0.2, -0.15) is 0 Å². The number of carbonyl (C=O) groups excluding carboxylic acids is 1. The minimum atomic E-state index is -0.196. The first-order chi connectivity index (χ1) is 12.1. The van der Waals surface area contributed by atoms with Gasteiger partial charge in [0.05, 0.1) is 24.9 Å². The van der Waals surface area contributed by atoms with Gasteiger partial charge in [-0.3, -0.25) is 0 Å². The molecule has 0 aliphatic heterocycles. The van der Waals surface area contributed by atoms with E-state index >= 15 is 0 Å². The number of hydrogen-bond acceptors (Lipinski definition) is 5. The van der Waals surface area contributed by atoms with Crippen molar-refractivity contribution >= 4 is 17.4 Å². The van der Waals surface area contributed by atoms with E-state index in [4.69, 9.17) is 9.47 Å². The Morgan fingerprint density at radius 1 is 1.20 bits per heavy atom. The molecular formula is C18H25N3O3S. The summed E-state index contributed by atoms with van der Waals surface area (Å²) in [4.78, 5) is 17.8. The number of aromatic nitrogens is 1. The molecule has 25 heavy (non-hydrogen) atoms. The standard InChI is InChI=1S/C18H25N3O3S/c1-5-14-12(2)25-17(21-14)8-9-19-18(22)20-11-13-6-7-15(23-3)16(10-13)24-4/h6-7,10H,5,8-9,11H2,1-4H3,(H2,19,20,22). The largest absolute Gasteiger partial charge is 0.493 e. The number of rotatable bonds is 8. The molecule has 0 saturated heterocycles. The Labute approximate surface area is 152 Å². The quantitative estimate of drug-likeness (QED) is 0.756. The molecule has 1 aromatic heterocycles. The Kier molecular flexibility index (Phi) is 7.06. The monoisotopic (exact) mass is 363 g/mol. The molecule has 0 bridgehead atoms. The van der Waals surface area contributed by atoms with Gasteiger partial charge in [-0.1, -0.05) is 13.0 Å². The average molecular weight is 363 g/mol. The summed E-state index contributed by atoms with van der Waals surface area (Å²) in [5.41, 5.74) is 2.09. The van der Waals surface area contributed by atoms with E-state index in [2.05, 4.69) is 29.5 Å². The lowest BCUT2D eigenvalue weighted by molar-refractivity contribution is 0.240. The number of hydrogen-bond donors (Lipinski definition) is 2. The lowest BCUT2D eigenvalue weighted by Gasteiger charge is -2.11. The van der Waals surface area contributed by atoms with Gasteiger partial charge < -0.3 is 20.1 Å². The highest BCUT2D eigenvalue weighted by molar-refractivity contribution is 7.11. The van der Waals surface area contributed by atoms with Crippen LogP contribution in [-0.2, 0) is 19.4 Å². The van der Waals surface area contributed by atoms with Crippen molar-refractivity contribution in [2.75, 3.05) is 20.8 Å². The summed E-state index contributed by atoms with van der Waals surface area (Å²) in [6, 6.07) is 5.37. The van der Waals surface area contributed by atoms with Gasteiger partial charge in [0.1, 0.15) is 0 Å². The highest BCUT2D eigenvalue weighted by Crippen LogP contribution is 2.27. The van der Waals surface area contributed by atoms with Gasteiger partial charge in [0.15, 0.2) is 11.5 Å². The molecule has 0 atom stereocenters. The summed E-state index contributed by atoms with van der Waals surface area (Å²) in [5.74, 6) is 1.31. The number of urea groups is 1. The molecule has 0 fully saturated rings. The maximum absolute atomic E-state index is 11.9. The maximum atomic E-state index is 11.9. The number of ether oxygens (including phenoxy) is 2. The van der Waals surface area contributed by atoms with Crippen LogP contribution in [0.1, 0.15) is 28.1 Å². The van der Waals surface area contributed by atoms with Gasteiger partial charge in [-0.05, 0) is 31.0 Å². The number of aryl methyl sites for hydroxylation is 2. The van der Waals surface area contributed by atoms with Crippen molar-refractivity contribution in [3.05, 3.63) is 39.3 Å². The van der Waals surface area contributed by atoms with E-state index in [9.17, 15) is 4.79 Å². The van der Waals surface area contributed by atoms with Crippen LogP contribution in [0.4, 0.5) is 4.79 Å². The molecule has 0 aliphatic rings. The summed E-state index contributed by atoms with van der Waals surface area (Å²) in [6.07, 6.45) is 1.69. The fourth-order valence-corrected chi connectivity index (χ4v) is 3.46. The molecule has 1 heterocycles. The van der Waals surface area contributed by atoms with Crippen LogP contribution in [0.2, 0.25) is 0 Å². The predicted molar refractivity (Wildman–Crippen MR) is 99.7 cm³/mol. The molecule has 7 heteroatoms. The zero-order valence-corrected chi connectivity index (χ0v) is 16.0. The third-order valence-corrected chi connectivity index (χ3v) is 4.87. The van der Waals surface area contributed by atoms with E-state index in [0.29, 0.717) is 24.6 Å². The predicted octanol–water partition coefficient (Wildman–Crippen LogP) is 3.07. The second-order valence-electron chi connectivity index (χ2n) is 5.51. The second-order valence-corrected chi connectivity index (χ2v) is 6.80. The van der Waals surface area contributed by atoms with Crippen LogP contribution in [0.25, 0.3) is 0 Å². The van der Waals surface area contributed by atoms with Crippen molar-refractivity contribution in [2.45, 2.75) is 33.2 Å². The average Bonchev–Trinajstić information content (AvgIpc) is 2.99. The van der Waals surface area contributed by atoms with Crippen LogP contribution in [0, 0.1) is 6.92 Å². The van der Waals surface area contributed by atoms with Crippen LogP contribution >= 0.6 is 11.3 Å². The van der Waals surface area contributed by atoms with Crippen molar-refractivity contribution < 1.29 is 14.3 Å². The molecule has 0 unspecified atom stereocenters. The topological polar surface area (TPSA) is 72.5 Å².